The van der Waals surface area contributed by atoms with E-state index in [0.717, 1.165) is 32.5 Å². The third-order valence-corrected chi connectivity index (χ3v) is 5.62. The number of hydrogen-bond acceptors (Lipinski definition) is 3. The zero-order chi connectivity index (χ0) is 16.5. The van der Waals surface area contributed by atoms with E-state index >= 15 is 0 Å². The molecule has 2 aromatic rings. The van der Waals surface area contributed by atoms with Crippen LogP contribution in [0.5, 0.6) is 0 Å². The highest BCUT2D eigenvalue weighted by Crippen LogP contribution is 2.36. The standard InChI is InChI=1S/C20H28N4/c1-3-15-8-5-6-10-18(15)24-20-17(11-12-21-20)19(22-24)16-9-7-13-23(4-2)14-16/h5-6,8,10,16,21H,3-4,7,9,11-14H2,1-2H3. The molecular formula is C20H28N4. The molecule has 4 heteroatoms. The van der Waals surface area contributed by atoms with Gasteiger partial charge >= 0.3 is 0 Å². The lowest BCUT2D eigenvalue weighted by atomic mass is 9.92. The summed E-state index contributed by atoms with van der Waals surface area (Å²) in [6, 6.07) is 8.67. The molecule has 0 bridgehead atoms. The Labute approximate surface area is 144 Å². The normalized spacial score (nSPS) is 20.8. The maximum atomic E-state index is 5.13. The van der Waals surface area contributed by atoms with Gasteiger partial charge in [0.2, 0.25) is 0 Å². The molecule has 0 radical (unpaired) electrons. The average molecular weight is 324 g/mol. The van der Waals surface area contributed by atoms with Crippen LogP contribution in [0.1, 0.15) is 49.4 Å². The molecule has 0 spiro atoms. The van der Waals surface area contributed by atoms with Crippen LogP contribution in [0, 0.1) is 0 Å². The van der Waals surface area contributed by atoms with Gasteiger partial charge in [0, 0.05) is 24.6 Å². The van der Waals surface area contributed by atoms with E-state index in [0.29, 0.717) is 5.92 Å². The minimum atomic E-state index is 0.586. The first kappa shape index (κ1) is 15.7. The fourth-order valence-corrected chi connectivity index (χ4v) is 4.29. The number of fused-ring (bicyclic) bond motifs is 1. The first-order valence-electron chi connectivity index (χ1n) is 9.48. The fraction of sp³-hybridized carbons (Fsp3) is 0.550. The number of nitrogens with zero attached hydrogens (tertiary/aromatic N) is 3. The molecule has 0 aliphatic carbocycles. The van der Waals surface area contributed by atoms with Crippen molar-refractivity contribution in [2.24, 2.45) is 0 Å². The molecule has 2 aliphatic rings. The number of aromatic nitrogens is 2. The third kappa shape index (κ3) is 2.63. The molecule has 1 saturated heterocycles. The Morgan fingerprint density at radius 3 is 2.96 bits per heavy atom. The molecule has 1 atom stereocenters. The van der Waals surface area contributed by atoms with Crippen LogP contribution in [0.25, 0.3) is 5.69 Å². The number of anilines is 1. The number of para-hydroxylation sites is 1. The van der Waals surface area contributed by atoms with E-state index in [1.54, 1.807) is 0 Å². The van der Waals surface area contributed by atoms with Crippen molar-refractivity contribution >= 4 is 5.82 Å². The number of benzene rings is 1. The highest BCUT2D eigenvalue weighted by molar-refractivity contribution is 5.59. The molecule has 3 heterocycles. The lowest BCUT2D eigenvalue weighted by Gasteiger charge is -2.31. The summed E-state index contributed by atoms with van der Waals surface area (Å²) in [6.45, 7) is 9.08. The number of likely N-dealkylation sites (tertiary alicyclic amines) is 1. The Balaban J connectivity index is 1.75. The van der Waals surface area contributed by atoms with Gasteiger partial charge in [-0.25, -0.2) is 4.68 Å². The van der Waals surface area contributed by atoms with Crippen molar-refractivity contribution in [3.63, 3.8) is 0 Å². The second-order valence-electron chi connectivity index (χ2n) is 7.02. The summed E-state index contributed by atoms with van der Waals surface area (Å²) in [5.41, 5.74) is 5.41. The highest BCUT2D eigenvalue weighted by atomic mass is 15.3. The van der Waals surface area contributed by atoms with Crippen LogP contribution < -0.4 is 5.32 Å². The van der Waals surface area contributed by atoms with Gasteiger partial charge in [-0.15, -0.1) is 0 Å². The molecule has 1 aromatic heterocycles. The van der Waals surface area contributed by atoms with Gasteiger partial charge in [0.25, 0.3) is 0 Å². The molecule has 24 heavy (non-hydrogen) atoms. The second-order valence-corrected chi connectivity index (χ2v) is 7.02. The van der Waals surface area contributed by atoms with Crippen LogP contribution in [0.4, 0.5) is 5.82 Å². The smallest absolute Gasteiger partial charge is 0.133 e. The lowest BCUT2D eigenvalue weighted by Crippen LogP contribution is -2.34. The monoisotopic (exact) mass is 324 g/mol. The van der Waals surface area contributed by atoms with E-state index in [4.69, 9.17) is 5.10 Å². The van der Waals surface area contributed by atoms with Crippen molar-refractivity contribution in [1.29, 1.82) is 0 Å². The third-order valence-electron chi connectivity index (χ3n) is 5.62. The molecular weight excluding hydrogens is 296 g/mol. The number of likely N-dealkylation sites (N-methyl/N-ethyl adjacent to an activating group) is 1. The maximum Gasteiger partial charge on any atom is 0.133 e. The molecule has 1 unspecified atom stereocenters. The fourth-order valence-electron chi connectivity index (χ4n) is 4.29. The largest absolute Gasteiger partial charge is 0.369 e. The lowest BCUT2D eigenvalue weighted by molar-refractivity contribution is 0.215. The number of piperidine rings is 1. The maximum absolute atomic E-state index is 5.13. The Bertz CT molecular complexity index is 718. The van der Waals surface area contributed by atoms with E-state index < -0.39 is 0 Å². The van der Waals surface area contributed by atoms with Crippen molar-refractivity contribution in [3.05, 3.63) is 41.1 Å². The van der Waals surface area contributed by atoms with Gasteiger partial charge in [-0.1, -0.05) is 32.0 Å². The minimum absolute atomic E-state index is 0.586. The van der Waals surface area contributed by atoms with E-state index in [-0.39, 0.29) is 0 Å². The van der Waals surface area contributed by atoms with Crippen molar-refractivity contribution in [1.82, 2.24) is 14.7 Å². The molecule has 4 nitrogen and oxygen atoms in total. The van der Waals surface area contributed by atoms with Crippen molar-refractivity contribution in [2.45, 2.75) is 45.4 Å². The van der Waals surface area contributed by atoms with E-state index in [9.17, 15) is 0 Å². The van der Waals surface area contributed by atoms with Gasteiger partial charge in [0.1, 0.15) is 5.82 Å². The summed E-state index contributed by atoms with van der Waals surface area (Å²) in [6.07, 6.45) is 4.71. The van der Waals surface area contributed by atoms with Crippen LogP contribution in [0.15, 0.2) is 24.3 Å². The van der Waals surface area contributed by atoms with E-state index in [2.05, 4.69) is 53.0 Å². The summed E-state index contributed by atoms with van der Waals surface area (Å²) in [5.74, 6) is 1.82. The van der Waals surface area contributed by atoms with Gasteiger partial charge < -0.3 is 10.2 Å². The Kier molecular flexibility index (Phi) is 4.31. The molecule has 1 fully saturated rings. The second kappa shape index (κ2) is 6.60. The first-order chi connectivity index (χ1) is 11.8. The Morgan fingerprint density at radius 1 is 1.25 bits per heavy atom. The Morgan fingerprint density at radius 2 is 2.12 bits per heavy atom. The molecule has 4 rings (SSSR count). The number of nitrogens with one attached hydrogen (secondary N) is 1. The van der Waals surface area contributed by atoms with Crippen LogP contribution in [0.2, 0.25) is 0 Å². The summed E-state index contributed by atoms with van der Waals surface area (Å²) >= 11 is 0. The van der Waals surface area contributed by atoms with Crippen molar-refractivity contribution in [3.8, 4) is 5.69 Å². The van der Waals surface area contributed by atoms with Gasteiger partial charge in [-0.05, 0) is 50.4 Å². The van der Waals surface area contributed by atoms with Crippen molar-refractivity contribution < 1.29 is 0 Å². The topological polar surface area (TPSA) is 33.1 Å². The quantitative estimate of drug-likeness (QED) is 0.933. The van der Waals surface area contributed by atoms with Crippen LogP contribution in [-0.4, -0.2) is 40.9 Å². The van der Waals surface area contributed by atoms with Crippen LogP contribution >= 0.6 is 0 Å². The zero-order valence-corrected chi connectivity index (χ0v) is 14.9. The highest BCUT2D eigenvalue weighted by Gasteiger charge is 2.30. The molecule has 2 aliphatic heterocycles. The number of hydrogen-bond donors (Lipinski definition) is 1. The van der Waals surface area contributed by atoms with Gasteiger partial charge in [-0.2, -0.15) is 5.10 Å². The molecule has 0 saturated carbocycles. The average Bonchev–Trinajstić information content (AvgIpc) is 3.24. The summed E-state index contributed by atoms with van der Waals surface area (Å²) < 4.78 is 2.18. The zero-order valence-electron chi connectivity index (χ0n) is 14.9. The SMILES string of the molecule is CCc1ccccc1-n1nc(C2CCCN(CC)C2)c2c1NCC2. The first-order valence-corrected chi connectivity index (χ1v) is 9.48. The molecule has 1 aromatic carbocycles. The minimum Gasteiger partial charge on any atom is -0.369 e. The molecule has 0 amide bonds. The summed E-state index contributed by atoms with van der Waals surface area (Å²) in [5, 5.41) is 8.72. The van der Waals surface area contributed by atoms with Crippen LogP contribution in [0.3, 0.4) is 0 Å². The van der Waals surface area contributed by atoms with E-state index in [1.165, 1.54) is 47.7 Å². The predicted octanol–water partition coefficient (Wildman–Crippen LogP) is 3.60. The molecule has 1 N–H and O–H groups in total. The predicted molar refractivity (Wildman–Crippen MR) is 99.2 cm³/mol. The van der Waals surface area contributed by atoms with E-state index in [1.807, 2.05) is 0 Å². The van der Waals surface area contributed by atoms with Crippen LogP contribution in [-0.2, 0) is 12.8 Å². The van der Waals surface area contributed by atoms with Crippen molar-refractivity contribution in [2.75, 3.05) is 31.5 Å². The summed E-state index contributed by atoms with van der Waals surface area (Å²) in [7, 11) is 0. The number of aryl methyl sites for hydroxylation is 1. The van der Waals surface area contributed by atoms with Gasteiger partial charge in [0.05, 0.1) is 11.4 Å². The number of rotatable bonds is 4. The molecule has 128 valence electrons. The van der Waals surface area contributed by atoms with Gasteiger partial charge in [0.15, 0.2) is 0 Å². The summed E-state index contributed by atoms with van der Waals surface area (Å²) in [4.78, 5) is 2.57. The van der Waals surface area contributed by atoms with Gasteiger partial charge in [-0.3, -0.25) is 0 Å². The Hall–Kier alpha value is -1.81.